The second-order valence-electron chi connectivity index (χ2n) is 4.58. The Kier molecular flexibility index (Phi) is 4.66. The number of methoxy groups -OCH3 is 1. The zero-order valence-corrected chi connectivity index (χ0v) is 11.7. The summed E-state index contributed by atoms with van der Waals surface area (Å²) in [7, 11) is 1.47. The van der Waals surface area contributed by atoms with Crippen LogP contribution in [0.5, 0.6) is 0 Å². The lowest BCUT2D eigenvalue weighted by atomic mass is 10.0. The minimum Gasteiger partial charge on any atom is -0.344 e. The number of ether oxygens (including phenoxy) is 2. The van der Waals surface area contributed by atoms with Crippen molar-refractivity contribution in [3.63, 3.8) is 0 Å². The van der Waals surface area contributed by atoms with Crippen LogP contribution in [0.15, 0.2) is 60.2 Å². The Labute approximate surface area is 119 Å². The lowest BCUT2D eigenvalue weighted by Gasteiger charge is -2.28. The monoisotopic (exact) mass is 270 g/mol. The predicted octanol–water partition coefficient (Wildman–Crippen LogP) is 3.14. The van der Waals surface area contributed by atoms with Gasteiger partial charge in [-0.1, -0.05) is 48.6 Å². The molecular weight excluding hydrogens is 252 g/mol. The molecular formula is C17H18O3. The summed E-state index contributed by atoms with van der Waals surface area (Å²) in [6, 6.07) is 9.91. The van der Waals surface area contributed by atoms with E-state index in [1.165, 1.54) is 13.2 Å². The molecule has 20 heavy (non-hydrogen) atoms. The zero-order chi connectivity index (χ0) is 14.4. The molecule has 1 atom stereocenters. The van der Waals surface area contributed by atoms with Crippen LogP contribution in [-0.4, -0.2) is 25.3 Å². The van der Waals surface area contributed by atoms with Gasteiger partial charge < -0.3 is 9.47 Å². The lowest BCUT2D eigenvalue weighted by molar-refractivity contribution is -0.187. The summed E-state index contributed by atoms with van der Waals surface area (Å²) in [5.74, 6) is -1.48. The third kappa shape index (κ3) is 3.32. The van der Waals surface area contributed by atoms with Crippen LogP contribution in [-0.2, 0) is 14.3 Å². The minimum atomic E-state index is -1.29. The van der Waals surface area contributed by atoms with Gasteiger partial charge in [-0.3, -0.25) is 4.79 Å². The van der Waals surface area contributed by atoms with Gasteiger partial charge >= 0.3 is 0 Å². The van der Waals surface area contributed by atoms with Gasteiger partial charge in [-0.15, -0.1) is 0 Å². The first-order valence-corrected chi connectivity index (χ1v) is 6.49. The maximum atomic E-state index is 12.0. The maximum absolute atomic E-state index is 12.0. The molecule has 0 bridgehead atoms. The molecule has 0 radical (unpaired) electrons. The molecule has 0 aromatic heterocycles. The van der Waals surface area contributed by atoms with Crippen molar-refractivity contribution in [2.24, 2.45) is 0 Å². The topological polar surface area (TPSA) is 35.5 Å². The quantitative estimate of drug-likeness (QED) is 0.771. The first-order valence-electron chi connectivity index (χ1n) is 6.49. The average Bonchev–Trinajstić information content (AvgIpc) is 2.47. The van der Waals surface area contributed by atoms with Crippen LogP contribution in [0.1, 0.15) is 12.5 Å². The van der Waals surface area contributed by atoms with Crippen LogP contribution in [0.3, 0.4) is 0 Å². The molecule has 0 saturated carbocycles. The molecule has 1 aliphatic carbocycles. The summed E-state index contributed by atoms with van der Waals surface area (Å²) in [5, 5.41) is 0. The number of rotatable bonds is 5. The third-order valence-electron chi connectivity index (χ3n) is 3.07. The van der Waals surface area contributed by atoms with Crippen molar-refractivity contribution >= 4 is 11.9 Å². The van der Waals surface area contributed by atoms with Gasteiger partial charge in [0.1, 0.15) is 0 Å². The Morgan fingerprint density at radius 3 is 2.65 bits per heavy atom. The van der Waals surface area contributed by atoms with Gasteiger partial charge in [-0.25, -0.2) is 0 Å². The van der Waals surface area contributed by atoms with Crippen LogP contribution < -0.4 is 0 Å². The minimum absolute atomic E-state index is 0.187. The molecule has 0 N–H and O–H groups in total. The Balaban J connectivity index is 1.97. The van der Waals surface area contributed by atoms with Gasteiger partial charge in [0.2, 0.25) is 5.78 Å². The van der Waals surface area contributed by atoms with E-state index in [1.54, 1.807) is 6.08 Å². The highest BCUT2D eigenvalue weighted by atomic mass is 16.7. The van der Waals surface area contributed by atoms with Crippen LogP contribution in [0, 0.1) is 0 Å². The van der Waals surface area contributed by atoms with Gasteiger partial charge in [0.05, 0.1) is 6.61 Å². The van der Waals surface area contributed by atoms with Crippen LogP contribution in [0.25, 0.3) is 6.08 Å². The molecule has 1 aliphatic rings. The molecule has 0 heterocycles. The van der Waals surface area contributed by atoms with E-state index in [0.717, 1.165) is 11.1 Å². The first-order chi connectivity index (χ1) is 9.66. The van der Waals surface area contributed by atoms with E-state index in [4.69, 9.17) is 9.47 Å². The highest BCUT2D eigenvalue weighted by Gasteiger charge is 2.37. The molecule has 0 aliphatic heterocycles. The van der Waals surface area contributed by atoms with E-state index < -0.39 is 5.79 Å². The molecule has 3 nitrogen and oxygen atoms in total. The molecule has 1 aromatic rings. The number of hydrogen-bond acceptors (Lipinski definition) is 3. The number of benzene rings is 1. The molecule has 0 spiro atoms. The number of ketones is 1. The van der Waals surface area contributed by atoms with Gasteiger partial charge in [0.25, 0.3) is 5.79 Å². The smallest absolute Gasteiger partial charge is 0.253 e. The van der Waals surface area contributed by atoms with Crippen molar-refractivity contribution in [2.75, 3.05) is 13.7 Å². The number of carbonyl (C=O) groups is 1. The standard InChI is InChI=1S/C17H18O3/c1-14-10-11-17(19-2,16(18)13-14)20-12-6-9-15-7-4-3-5-8-15/h3-11,13H,12H2,1-2H3/b9-6+. The van der Waals surface area contributed by atoms with E-state index in [1.807, 2.05) is 55.5 Å². The van der Waals surface area contributed by atoms with E-state index in [9.17, 15) is 4.79 Å². The van der Waals surface area contributed by atoms with Gasteiger partial charge in [-0.2, -0.15) is 0 Å². The molecule has 1 aromatic carbocycles. The maximum Gasteiger partial charge on any atom is 0.253 e. The second kappa shape index (κ2) is 6.46. The van der Waals surface area contributed by atoms with Gasteiger partial charge in [-0.05, 0) is 30.2 Å². The summed E-state index contributed by atoms with van der Waals surface area (Å²) in [6.45, 7) is 2.16. The Morgan fingerprint density at radius 1 is 1.25 bits per heavy atom. The normalized spacial score (nSPS) is 22.3. The largest absolute Gasteiger partial charge is 0.344 e. The second-order valence-corrected chi connectivity index (χ2v) is 4.58. The number of hydrogen-bond donors (Lipinski definition) is 0. The molecule has 1 unspecified atom stereocenters. The summed E-state index contributed by atoms with van der Waals surface area (Å²) >= 11 is 0. The van der Waals surface area contributed by atoms with Crippen LogP contribution in [0.2, 0.25) is 0 Å². The van der Waals surface area contributed by atoms with Crippen molar-refractivity contribution in [2.45, 2.75) is 12.7 Å². The van der Waals surface area contributed by atoms with E-state index in [2.05, 4.69) is 0 Å². The fraction of sp³-hybridized carbons (Fsp3) is 0.235. The molecule has 0 saturated heterocycles. The van der Waals surface area contributed by atoms with Crippen molar-refractivity contribution in [1.29, 1.82) is 0 Å². The van der Waals surface area contributed by atoms with Crippen LogP contribution >= 0.6 is 0 Å². The number of carbonyl (C=O) groups excluding carboxylic acids is 1. The molecule has 0 amide bonds. The highest BCUT2D eigenvalue weighted by Crippen LogP contribution is 2.22. The van der Waals surface area contributed by atoms with Crippen LogP contribution in [0.4, 0.5) is 0 Å². The van der Waals surface area contributed by atoms with Crippen molar-refractivity contribution < 1.29 is 14.3 Å². The fourth-order valence-electron chi connectivity index (χ4n) is 1.95. The molecule has 0 fully saturated rings. The SMILES string of the molecule is COC1(OC/C=C/c2ccccc2)C=CC(C)=CC1=O. The van der Waals surface area contributed by atoms with E-state index in [0.29, 0.717) is 6.61 Å². The first kappa shape index (κ1) is 14.4. The van der Waals surface area contributed by atoms with Crippen molar-refractivity contribution in [3.8, 4) is 0 Å². The average molecular weight is 270 g/mol. The summed E-state index contributed by atoms with van der Waals surface area (Å²) in [4.78, 5) is 12.0. The highest BCUT2D eigenvalue weighted by molar-refractivity contribution is 5.99. The molecule has 104 valence electrons. The van der Waals surface area contributed by atoms with Gasteiger partial charge in [0, 0.05) is 7.11 Å². The Morgan fingerprint density at radius 2 is 2.00 bits per heavy atom. The summed E-state index contributed by atoms with van der Waals surface area (Å²) in [5.41, 5.74) is 1.98. The Hall–Kier alpha value is -1.97. The van der Waals surface area contributed by atoms with Crippen molar-refractivity contribution in [1.82, 2.24) is 0 Å². The molecule has 3 heteroatoms. The summed E-state index contributed by atoms with van der Waals surface area (Å²) < 4.78 is 10.9. The zero-order valence-electron chi connectivity index (χ0n) is 11.7. The summed E-state index contributed by atoms with van der Waals surface area (Å²) in [6.07, 6.45) is 8.82. The lowest BCUT2D eigenvalue weighted by Crippen LogP contribution is -2.42. The third-order valence-corrected chi connectivity index (χ3v) is 3.07. The van der Waals surface area contributed by atoms with E-state index >= 15 is 0 Å². The number of allylic oxidation sites excluding steroid dienone is 2. The Bertz CT molecular complexity index is 555. The van der Waals surface area contributed by atoms with E-state index in [-0.39, 0.29) is 5.78 Å². The van der Waals surface area contributed by atoms with Gasteiger partial charge in [0.15, 0.2) is 0 Å². The fourth-order valence-corrected chi connectivity index (χ4v) is 1.95. The molecule has 2 rings (SSSR count). The predicted molar refractivity (Wildman–Crippen MR) is 79.1 cm³/mol. The van der Waals surface area contributed by atoms with Crippen molar-refractivity contribution in [3.05, 3.63) is 65.8 Å².